The van der Waals surface area contributed by atoms with Gasteiger partial charge in [-0.15, -0.1) is 0 Å². The highest BCUT2D eigenvalue weighted by Gasteiger charge is 2.35. The van der Waals surface area contributed by atoms with Crippen LogP contribution in [0.3, 0.4) is 0 Å². The minimum atomic E-state index is -4.56. The van der Waals surface area contributed by atoms with Gasteiger partial charge in [-0.1, -0.05) is 18.2 Å². The summed E-state index contributed by atoms with van der Waals surface area (Å²) in [6, 6.07) is 9.93. The van der Waals surface area contributed by atoms with E-state index in [1.54, 1.807) is 24.3 Å². The van der Waals surface area contributed by atoms with Crippen molar-refractivity contribution in [3.63, 3.8) is 0 Å². The number of alkyl halides is 3. The van der Waals surface area contributed by atoms with E-state index in [4.69, 9.17) is 4.74 Å². The number of ether oxygens (including phenoxy) is 1. The molecule has 0 atom stereocenters. The van der Waals surface area contributed by atoms with Crippen molar-refractivity contribution in [3.05, 3.63) is 65.4 Å². The van der Waals surface area contributed by atoms with Crippen LogP contribution in [0, 0.1) is 0 Å². The number of nitrogens with one attached hydrogen (secondary N) is 2. The summed E-state index contributed by atoms with van der Waals surface area (Å²) in [6.07, 6.45) is -3.13. The van der Waals surface area contributed by atoms with Crippen molar-refractivity contribution in [1.82, 2.24) is 10.2 Å². The molecular weight excluding hydrogens is 403 g/mol. The average molecular weight is 419 g/mol. The molecule has 0 radical (unpaired) electrons. The molecule has 1 aliphatic rings. The molecule has 30 heavy (non-hydrogen) atoms. The summed E-state index contributed by atoms with van der Waals surface area (Å²) < 4.78 is 43.3. The second-order valence-electron chi connectivity index (χ2n) is 6.28. The Kier molecular flexibility index (Phi) is 5.77. The van der Waals surface area contributed by atoms with Gasteiger partial charge in [-0.2, -0.15) is 13.2 Å². The van der Waals surface area contributed by atoms with Crippen LogP contribution in [0.25, 0.3) is 6.08 Å². The first-order valence-corrected chi connectivity index (χ1v) is 8.63. The molecule has 10 heteroatoms. The van der Waals surface area contributed by atoms with Crippen molar-refractivity contribution in [2.24, 2.45) is 0 Å². The molecule has 1 saturated heterocycles. The third-order valence-corrected chi connectivity index (χ3v) is 4.16. The molecule has 0 unspecified atom stereocenters. The van der Waals surface area contributed by atoms with E-state index in [-0.39, 0.29) is 11.4 Å². The third kappa shape index (κ3) is 4.77. The number of rotatable bonds is 5. The highest BCUT2D eigenvalue weighted by Crippen LogP contribution is 2.30. The third-order valence-electron chi connectivity index (χ3n) is 4.16. The zero-order valence-corrected chi connectivity index (χ0v) is 15.6. The molecule has 0 aromatic heterocycles. The zero-order chi connectivity index (χ0) is 21.9. The quantitative estimate of drug-likeness (QED) is 0.575. The SMILES string of the molecule is COc1ccc(/C=C2/NC(=O)N(CC(=O)Nc3cccc(C(F)(F)F)c3)C2=O)cc1. The number of anilines is 1. The predicted octanol–water partition coefficient (Wildman–Crippen LogP) is 3.25. The first kappa shape index (κ1) is 20.9. The van der Waals surface area contributed by atoms with Crippen molar-refractivity contribution >= 4 is 29.6 Å². The fourth-order valence-corrected chi connectivity index (χ4v) is 2.70. The Morgan fingerprint density at radius 3 is 2.50 bits per heavy atom. The summed E-state index contributed by atoms with van der Waals surface area (Å²) in [7, 11) is 1.51. The molecular formula is C20H16F3N3O4. The molecule has 1 heterocycles. The van der Waals surface area contributed by atoms with Crippen molar-refractivity contribution in [2.75, 3.05) is 19.0 Å². The molecule has 2 aromatic rings. The van der Waals surface area contributed by atoms with Gasteiger partial charge < -0.3 is 15.4 Å². The summed E-state index contributed by atoms with van der Waals surface area (Å²) >= 11 is 0. The van der Waals surface area contributed by atoms with Gasteiger partial charge in [0.05, 0.1) is 12.7 Å². The van der Waals surface area contributed by atoms with E-state index in [1.807, 2.05) is 0 Å². The van der Waals surface area contributed by atoms with Crippen molar-refractivity contribution in [1.29, 1.82) is 0 Å². The van der Waals surface area contributed by atoms with Crippen molar-refractivity contribution in [2.45, 2.75) is 6.18 Å². The lowest BCUT2D eigenvalue weighted by molar-refractivity contribution is -0.137. The van der Waals surface area contributed by atoms with Gasteiger partial charge in [0, 0.05) is 5.69 Å². The average Bonchev–Trinajstić information content (AvgIpc) is 2.95. The van der Waals surface area contributed by atoms with Gasteiger partial charge in [-0.25, -0.2) is 9.69 Å². The molecule has 7 nitrogen and oxygen atoms in total. The van der Waals surface area contributed by atoms with Gasteiger partial charge >= 0.3 is 12.2 Å². The number of hydrogen-bond donors (Lipinski definition) is 2. The molecule has 2 aromatic carbocycles. The van der Waals surface area contributed by atoms with Crippen LogP contribution in [-0.2, 0) is 15.8 Å². The smallest absolute Gasteiger partial charge is 0.416 e. The Labute approximate surface area is 169 Å². The number of amides is 4. The molecule has 0 aliphatic carbocycles. The maximum atomic E-state index is 12.8. The highest BCUT2D eigenvalue weighted by atomic mass is 19.4. The summed E-state index contributed by atoms with van der Waals surface area (Å²) in [6.45, 7) is -0.652. The molecule has 3 rings (SSSR count). The fraction of sp³-hybridized carbons (Fsp3) is 0.150. The number of benzene rings is 2. The fourth-order valence-electron chi connectivity index (χ4n) is 2.70. The molecule has 1 fully saturated rings. The van der Waals surface area contributed by atoms with Crippen molar-refractivity contribution < 1.29 is 32.3 Å². The lowest BCUT2D eigenvalue weighted by Gasteiger charge is -2.13. The van der Waals surface area contributed by atoms with Crippen LogP contribution >= 0.6 is 0 Å². The number of methoxy groups -OCH3 is 1. The maximum absolute atomic E-state index is 12.8. The summed E-state index contributed by atoms with van der Waals surface area (Å²) in [4.78, 5) is 37.3. The van der Waals surface area contributed by atoms with E-state index in [0.717, 1.165) is 18.2 Å². The number of carbonyl (C=O) groups is 3. The van der Waals surface area contributed by atoms with Crippen LogP contribution < -0.4 is 15.4 Å². The second kappa shape index (κ2) is 8.27. The first-order valence-electron chi connectivity index (χ1n) is 8.63. The molecule has 4 amide bonds. The Morgan fingerprint density at radius 2 is 1.87 bits per heavy atom. The van der Waals surface area contributed by atoms with Gasteiger partial charge in [-0.05, 0) is 42.0 Å². The summed E-state index contributed by atoms with van der Waals surface area (Å²) in [5.41, 5.74) is -0.442. The van der Waals surface area contributed by atoms with E-state index in [1.165, 1.54) is 19.3 Å². The lowest BCUT2D eigenvalue weighted by atomic mass is 10.2. The Hall–Kier alpha value is -3.82. The highest BCUT2D eigenvalue weighted by molar-refractivity contribution is 6.15. The number of carbonyl (C=O) groups excluding carboxylic acids is 3. The minimum absolute atomic E-state index is 0.0305. The largest absolute Gasteiger partial charge is 0.497 e. The van der Waals surface area contributed by atoms with E-state index in [2.05, 4.69) is 10.6 Å². The number of imide groups is 1. The molecule has 156 valence electrons. The molecule has 1 aliphatic heterocycles. The van der Waals surface area contributed by atoms with E-state index < -0.39 is 36.1 Å². The Bertz CT molecular complexity index is 1020. The number of hydrogen-bond acceptors (Lipinski definition) is 4. The Morgan fingerprint density at radius 1 is 1.17 bits per heavy atom. The van der Waals surface area contributed by atoms with Gasteiger partial charge in [0.25, 0.3) is 5.91 Å². The summed E-state index contributed by atoms with van der Waals surface area (Å²) in [5, 5.41) is 4.62. The van der Waals surface area contributed by atoms with Gasteiger partial charge in [0.15, 0.2) is 0 Å². The van der Waals surface area contributed by atoms with Crippen LogP contribution in [0.2, 0.25) is 0 Å². The lowest BCUT2D eigenvalue weighted by Crippen LogP contribution is -2.38. The molecule has 0 saturated carbocycles. The van der Waals surface area contributed by atoms with Crippen LogP contribution in [-0.4, -0.2) is 36.4 Å². The zero-order valence-electron chi connectivity index (χ0n) is 15.6. The van der Waals surface area contributed by atoms with E-state index in [9.17, 15) is 27.6 Å². The van der Waals surface area contributed by atoms with Crippen molar-refractivity contribution in [3.8, 4) is 5.75 Å². The van der Waals surface area contributed by atoms with Crippen LogP contribution in [0.5, 0.6) is 5.75 Å². The maximum Gasteiger partial charge on any atom is 0.416 e. The van der Waals surface area contributed by atoms with Crippen LogP contribution in [0.15, 0.2) is 54.2 Å². The predicted molar refractivity (Wildman–Crippen MR) is 101 cm³/mol. The first-order chi connectivity index (χ1) is 14.2. The van der Waals surface area contributed by atoms with Gasteiger partial charge in [0.2, 0.25) is 5.91 Å². The minimum Gasteiger partial charge on any atom is -0.497 e. The number of urea groups is 1. The summed E-state index contributed by atoms with van der Waals surface area (Å²) in [5.74, 6) is -0.926. The van der Waals surface area contributed by atoms with E-state index in [0.29, 0.717) is 16.2 Å². The second-order valence-corrected chi connectivity index (χ2v) is 6.28. The van der Waals surface area contributed by atoms with Crippen LogP contribution in [0.4, 0.5) is 23.7 Å². The normalized spacial score (nSPS) is 15.3. The standard InChI is InChI=1S/C20H16F3N3O4/c1-30-15-7-5-12(6-8-15)9-16-18(28)26(19(29)25-16)11-17(27)24-14-4-2-3-13(10-14)20(21,22)23/h2-10H,11H2,1H3,(H,24,27)(H,25,29)/b16-9+. The topological polar surface area (TPSA) is 87.7 Å². The van der Waals surface area contributed by atoms with Gasteiger partial charge in [-0.3, -0.25) is 9.59 Å². The van der Waals surface area contributed by atoms with Crippen LogP contribution in [0.1, 0.15) is 11.1 Å². The molecule has 2 N–H and O–H groups in total. The molecule has 0 spiro atoms. The number of nitrogens with zero attached hydrogens (tertiary/aromatic N) is 1. The molecule has 0 bridgehead atoms. The number of halogens is 3. The Balaban J connectivity index is 1.68. The van der Waals surface area contributed by atoms with Gasteiger partial charge in [0.1, 0.15) is 18.0 Å². The van der Waals surface area contributed by atoms with E-state index >= 15 is 0 Å². The monoisotopic (exact) mass is 419 g/mol.